The van der Waals surface area contributed by atoms with Crippen molar-refractivity contribution in [2.24, 2.45) is 0 Å². The number of hydrogen-bond donors (Lipinski definition) is 1. The Bertz CT molecular complexity index is 1130. The summed E-state index contributed by atoms with van der Waals surface area (Å²) in [5.41, 5.74) is 2.62. The van der Waals surface area contributed by atoms with Gasteiger partial charge < -0.3 is 5.32 Å². The second-order valence-electron chi connectivity index (χ2n) is 6.44. The molecule has 0 aliphatic carbocycles. The average molecular weight is 433 g/mol. The van der Waals surface area contributed by atoms with Gasteiger partial charge in [0.1, 0.15) is 0 Å². The van der Waals surface area contributed by atoms with Crippen LogP contribution in [-0.4, -0.2) is 25.2 Å². The van der Waals surface area contributed by atoms with Crippen molar-refractivity contribution >= 4 is 44.6 Å². The molecule has 4 rings (SSSR count). The SMILES string of the molecule is O=C(Nc1ccc2c(c1)CN(S(=O)(=O)c1ccccc1)CC2)c1ccc(Cl)s1. The van der Waals surface area contributed by atoms with Crippen LogP contribution in [0, 0.1) is 0 Å². The van der Waals surface area contributed by atoms with Crippen LogP contribution in [0.25, 0.3) is 0 Å². The highest BCUT2D eigenvalue weighted by molar-refractivity contribution is 7.89. The van der Waals surface area contributed by atoms with E-state index in [0.717, 1.165) is 11.1 Å². The number of nitrogens with one attached hydrogen (secondary N) is 1. The van der Waals surface area contributed by atoms with E-state index in [2.05, 4.69) is 5.32 Å². The van der Waals surface area contributed by atoms with Crippen LogP contribution < -0.4 is 5.32 Å². The smallest absolute Gasteiger partial charge is 0.265 e. The van der Waals surface area contributed by atoms with Gasteiger partial charge in [0.15, 0.2) is 0 Å². The molecule has 8 heteroatoms. The molecular formula is C20H17ClN2O3S2. The Balaban J connectivity index is 1.55. The Labute approximate surface area is 172 Å². The maximum atomic E-state index is 12.9. The lowest BCUT2D eigenvalue weighted by molar-refractivity contribution is 0.103. The van der Waals surface area contributed by atoms with Crippen LogP contribution in [-0.2, 0) is 23.0 Å². The van der Waals surface area contributed by atoms with Gasteiger partial charge >= 0.3 is 0 Å². The van der Waals surface area contributed by atoms with Crippen molar-refractivity contribution in [2.75, 3.05) is 11.9 Å². The first-order valence-electron chi connectivity index (χ1n) is 8.67. The summed E-state index contributed by atoms with van der Waals surface area (Å²) in [5, 5.41) is 2.85. The van der Waals surface area contributed by atoms with Gasteiger partial charge in [-0.2, -0.15) is 4.31 Å². The summed E-state index contributed by atoms with van der Waals surface area (Å²) in [6.45, 7) is 0.713. The van der Waals surface area contributed by atoms with Crippen molar-refractivity contribution in [1.82, 2.24) is 4.31 Å². The molecule has 5 nitrogen and oxygen atoms in total. The van der Waals surface area contributed by atoms with Crippen LogP contribution in [0.15, 0.2) is 65.6 Å². The maximum absolute atomic E-state index is 12.9. The lowest BCUT2D eigenvalue weighted by Crippen LogP contribution is -2.36. The molecule has 1 amide bonds. The van der Waals surface area contributed by atoms with Crippen molar-refractivity contribution < 1.29 is 13.2 Å². The Morgan fingerprint density at radius 3 is 2.54 bits per heavy atom. The number of rotatable bonds is 4. The van der Waals surface area contributed by atoms with Crippen LogP contribution in [0.5, 0.6) is 0 Å². The van der Waals surface area contributed by atoms with Gasteiger partial charge in [-0.25, -0.2) is 8.42 Å². The molecule has 3 aromatic rings. The highest BCUT2D eigenvalue weighted by Crippen LogP contribution is 2.28. The zero-order chi connectivity index (χ0) is 19.7. The van der Waals surface area contributed by atoms with Gasteiger partial charge in [0.2, 0.25) is 10.0 Å². The quantitative estimate of drug-likeness (QED) is 0.664. The summed E-state index contributed by atoms with van der Waals surface area (Å²) in [6.07, 6.45) is 0.635. The average Bonchev–Trinajstić information content (AvgIpc) is 3.14. The van der Waals surface area contributed by atoms with E-state index >= 15 is 0 Å². The fraction of sp³-hybridized carbons (Fsp3) is 0.150. The van der Waals surface area contributed by atoms with Crippen molar-refractivity contribution in [3.63, 3.8) is 0 Å². The fourth-order valence-corrected chi connectivity index (χ4v) is 5.56. The van der Waals surface area contributed by atoms with Crippen LogP contribution in [0.4, 0.5) is 5.69 Å². The molecule has 0 saturated carbocycles. The number of hydrogen-bond acceptors (Lipinski definition) is 4. The van der Waals surface area contributed by atoms with E-state index < -0.39 is 10.0 Å². The molecule has 2 heterocycles. The van der Waals surface area contributed by atoms with E-state index in [1.165, 1.54) is 15.6 Å². The first-order chi connectivity index (χ1) is 13.4. The molecule has 0 spiro atoms. The number of carbonyl (C=O) groups excluding carboxylic acids is 1. The molecule has 0 radical (unpaired) electrons. The van der Waals surface area contributed by atoms with Gasteiger partial charge in [-0.05, 0) is 53.9 Å². The Kier molecular flexibility index (Phi) is 5.25. The maximum Gasteiger partial charge on any atom is 0.265 e. The summed E-state index contributed by atoms with van der Waals surface area (Å²) in [4.78, 5) is 13.2. The molecule has 0 unspecified atom stereocenters. The van der Waals surface area contributed by atoms with Crippen molar-refractivity contribution in [3.05, 3.63) is 81.0 Å². The van der Waals surface area contributed by atoms with Gasteiger partial charge in [-0.3, -0.25) is 4.79 Å². The minimum Gasteiger partial charge on any atom is -0.321 e. The molecule has 0 fully saturated rings. The first kappa shape index (κ1) is 19.1. The summed E-state index contributed by atoms with van der Waals surface area (Å²) >= 11 is 7.10. The molecule has 2 aromatic carbocycles. The molecule has 0 saturated heterocycles. The Hall–Kier alpha value is -2.19. The summed E-state index contributed by atoms with van der Waals surface area (Å²) in [6, 6.07) is 17.4. The number of amides is 1. The van der Waals surface area contributed by atoms with Gasteiger partial charge in [0.05, 0.1) is 14.1 Å². The van der Waals surface area contributed by atoms with Gasteiger partial charge in [0.25, 0.3) is 5.91 Å². The third-order valence-corrected chi connectivity index (χ3v) is 7.71. The van der Waals surface area contributed by atoms with Gasteiger partial charge in [-0.1, -0.05) is 35.9 Å². The molecule has 1 N–H and O–H groups in total. The second-order valence-corrected chi connectivity index (χ2v) is 10.1. The number of sulfonamides is 1. The molecule has 0 bridgehead atoms. The number of anilines is 1. The van der Waals surface area contributed by atoms with Crippen molar-refractivity contribution in [2.45, 2.75) is 17.9 Å². The third-order valence-electron chi connectivity index (χ3n) is 4.62. The van der Waals surface area contributed by atoms with E-state index in [0.29, 0.717) is 27.9 Å². The number of fused-ring (bicyclic) bond motifs is 1. The first-order valence-corrected chi connectivity index (χ1v) is 11.3. The minimum absolute atomic E-state index is 0.235. The molecule has 1 aliphatic rings. The molecule has 28 heavy (non-hydrogen) atoms. The largest absolute Gasteiger partial charge is 0.321 e. The summed E-state index contributed by atoms with van der Waals surface area (Å²) in [5.74, 6) is -0.235. The van der Waals surface area contributed by atoms with Gasteiger partial charge in [0, 0.05) is 18.8 Å². The van der Waals surface area contributed by atoms with E-state index in [9.17, 15) is 13.2 Å². The lowest BCUT2D eigenvalue weighted by atomic mass is 10.0. The summed E-state index contributed by atoms with van der Waals surface area (Å²) in [7, 11) is -3.55. The standard InChI is InChI=1S/C20H17ClN2O3S2/c21-19-9-8-18(27-19)20(24)22-16-7-6-14-10-11-23(13-15(14)12-16)28(25,26)17-4-2-1-3-5-17/h1-9,12H,10-11,13H2,(H,22,24). The van der Waals surface area contributed by atoms with E-state index in [4.69, 9.17) is 11.6 Å². The molecule has 1 aliphatic heterocycles. The van der Waals surface area contributed by atoms with Crippen molar-refractivity contribution in [3.8, 4) is 0 Å². The second kappa shape index (κ2) is 7.67. The molecule has 1 aromatic heterocycles. The zero-order valence-electron chi connectivity index (χ0n) is 14.8. The number of carbonyl (C=O) groups is 1. The van der Waals surface area contributed by atoms with E-state index in [1.54, 1.807) is 42.5 Å². The number of halogens is 1. The zero-order valence-corrected chi connectivity index (χ0v) is 17.2. The highest BCUT2D eigenvalue weighted by Gasteiger charge is 2.28. The summed E-state index contributed by atoms with van der Waals surface area (Å²) < 4.78 is 27.8. The van der Waals surface area contributed by atoms with Gasteiger partial charge in [-0.15, -0.1) is 11.3 Å². The third kappa shape index (κ3) is 3.84. The monoisotopic (exact) mass is 432 g/mol. The van der Waals surface area contributed by atoms with Crippen LogP contribution in [0.1, 0.15) is 20.8 Å². The molecule has 0 atom stereocenters. The van der Waals surface area contributed by atoms with Crippen LogP contribution in [0.3, 0.4) is 0 Å². The highest BCUT2D eigenvalue weighted by atomic mass is 35.5. The topological polar surface area (TPSA) is 66.5 Å². The van der Waals surface area contributed by atoms with E-state index in [-0.39, 0.29) is 17.3 Å². The fourth-order valence-electron chi connectivity index (χ4n) is 3.18. The van der Waals surface area contributed by atoms with Crippen LogP contribution >= 0.6 is 22.9 Å². The minimum atomic E-state index is -3.55. The van der Waals surface area contributed by atoms with Crippen LogP contribution in [0.2, 0.25) is 4.34 Å². The van der Waals surface area contributed by atoms with Crippen molar-refractivity contribution in [1.29, 1.82) is 0 Å². The normalized spacial score (nSPS) is 14.5. The van der Waals surface area contributed by atoms with E-state index in [1.807, 2.05) is 18.2 Å². The predicted molar refractivity (Wildman–Crippen MR) is 111 cm³/mol. The molecular weight excluding hydrogens is 416 g/mol. The Morgan fingerprint density at radius 1 is 1.04 bits per heavy atom. The lowest BCUT2D eigenvalue weighted by Gasteiger charge is -2.28. The molecule has 144 valence electrons. The number of thiophene rings is 1. The predicted octanol–water partition coefficient (Wildman–Crippen LogP) is 4.40. The number of nitrogens with zero attached hydrogens (tertiary/aromatic N) is 1. The Morgan fingerprint density at radius 2 is 1.82 bits per heavy atom. The number of benzene rings is 2.